The summed E-state index contributed by atoms with van der Waals surface area (Å²) >= 11 is 0. The molecular formula is C16H28O6. The highest BCUT2D eigenvalue weighted by Crippen LogP contribution is 2.30. The molecule has 1 fully saturated rings. The molecule has 6 nitrogen and oxygen atoms in total. The van der Waals surface area contributed by atoms with E-state index < -0.39 is 6.29 Å². The Hall–Kier alpha value is -1.14. The summed E-state index contributed by atoms with van der Waals surface area (Å²) in [5.41, 5.74) is 0. The highest BCUT2D eigenvalue weighted by Gasteiger charge is 2.31. The van der Waals surface area contributed by atoms with Crippen molar-refractivity contribution < 1.29 is 28.5 Å². The van der Waals surface area contributed by atoms with E-state index in [1.807, 2.05) is 13.8 Å². The summed E-state index contributed by atoms with van der Waals surface area (Å²) in [6, 6.07) is 0. The molecule has 22 heavy (non-hydrogen) atoms. The van der Waals surface area contributed by atoms with Gasteiger partial charge in [-0.3, -0.25) is 9.59 Å². The normalized spacial score (nSPS) is 23.1. The van der Waals surface area contributed by atoms with Gasteiger partial charge in [0.25, 0.3) is 0 Å². The minimum absolute atomic E-state index is 0.0871. The lowest BCUT2D eigenvalue weighted by molar-refractivity contribution is -0.184. The number of methoxy groups -OCH3 is 1. The van der Waals surface area contributed by atoms with E-state index in [-0.39, 0.29) is 29.9 Å². The molecule has 0 bridgehead atoms. The van der Waals surface area contributed by atoms with E-state index in [1.54, 1.807) is 6.92 Å². The predicted octanol–water partition coefficient (Wildman–Crippen LogP) is 2.30. The van der Waals surface area contributed by atoms with Crippen molar-refractivity contribution in [2.45, 2.75) is 58.8 Å². The molecule has 0 heterocycles. The van der Waals surface area contributed by atoms with Crippen molar-refractivity contribution in [2.75, 3.05) is 20.3 Å². The maximum absolute atomic E-state index is 12.0. The zero-order valence-electron chi connectivity index (χ0n) is 14.0. The minimum Gasteiger partial charge on any atom is -0.469 e. The molecule has 0 radical (unpaired) electrons. The second-order valence-corrected chi connectivity index (χ2v) is 5.87. The van der Waals surface area contributed by atoms with Crippen LogP contribution in [0.2, 0.25) is 0 Å². The van der Waals surface area contributed by atoms with E-state index in [0.717, 1.165) is 0 Å². The number of esters is 2. The van der Waals surface area contributed by atoms with Crippen molar-refractivity contribution in [1.29, 1.82) is 0 Å². The Labute approximate surface area is 132 Å². The smallest absolute Gasteiger partial charge is 0.311 e. The fraction of sp³-hybridized carbons (Fsp3) is 0.875. The molecule has 1 aliphatic rings. The second kappa shape index (κ2) is 9.79. The van der Waals surface area contributed by atoms with E-state index in [0.29, 0.717) is 38.9 Å². The Morgan fingerprint density at radius 3 is 1.91 bits per heavy atom. The van der Waals surface area contributed by atoms with Gasteiger partial charge in [0.05, 0.1) is 38.3 Å². The van der Waals surface area contributed by atoms with Gasteiger partial charge in [-0.2, -0.15) is 0 Å². The van der Waals surface area contributed by atoms with Crippen LogP contribution in [0.15, 0.2) is 0 Å². The summed E-state index contributed by atoms with van der Waals surface area (Å²) in [4.78, 5) is 23.5. The standard InChI is InChI=1S/C16H28O6/c1-11(2)20-9-10-21-12(3)22-16(18)14-7-5-13(6-8-14)15(17)19-4/h11-14H,5-10H2,1-4H3. The topological polar surface area (TPSA) is 71.1 Å². The molecule has 0 amide bonds. The first-order valence-corrected chi connectivity index (χ1v) is 7.95. The fourth-order valence-electron chi connectivity index (χ4n) is 2.52. The van der Waals surface area contributed by atoms with E-state index in [9.17, 15) is 9.59 Å². The third kappa shape index (κ3) is 6.75. The zero-order valence-corrected chi connectivity index (χ0v) is 14.0. The summed E-state index contributed by atoms with van der Waals surface area (Å²) in [5.74, 6) is -0.677. The maximum Gasteiger partial charge on any atom is 0.311 e. The zero-order chi connectivity index (χ0) is 16.5. The molecule has 0 saturated heterocycles. The predicted molar refractivity (Wildman–Crippen MR) is 80.1 cm³/mol. The quantitative estimate of drug-likeness (QED) is 0.389. The van der Waals surface area contributed by atoms with Gasteiger partial charge in [-0.1, -0.05) is 0 Å². The third-order valence-electron chi connectivity index (χ3n) is 3.76. The maximum atomic E-state index is 12.0. The molecule has 1 rings (SSSR count). The molecule has 1 atom stereocenters. The largest absolute Gasteiger partial charge is 0.469 e. The summed E-state index contributed by atoms with van der Waals surface area (Å²) in [6.07, 6.45) is 2.23. The van der Waals surface area contributed by atoms with Gasteiger partial charge < -0.3 is 18.9 Å². The van der Waals surface area contributed by atoms with Crippen LogP contribution in [0.1, 0.15) is 46.5 Å². The molecule has 1 aliphatic carbocycles. The van der Waals surface area contributed by atoms with Gasteiger partial charge in [-0.05, 0) is 46.5 Å². The van der Waals surface area contributed by atoms with Crippen molar-refractivity contribution in [3.8, 4) is 0 Å². The molecule has 0 aromatic rings. The minimum atomic E-state index is -0.582. The first-order chi connectivity index (χ1) is 10.4. The number of hydrogen-bond donors (Lipinski definition) is 0. The molecule has 0 aromatic heterocycles. The van der Waals surface area contributed by atoms with Crippen LogP contribution in [0.25, 0.3) is 0 Å². The highest BCUT2D eigenvalue weighted by atomic mass is 16.7. The number of carbonyl (C=O) groups excluding carboxylic acids is 2. The van der Waals surface area contributed by atoms with Crippen LogP contribution in [0.4, 0.5) is 0 Å². The Morgan fingerprint density at radius 1 is 0.909 bits per heavy atom. The van der Waals surface area contributed by atoms with E-state index in [4.69, 9.17) is 18.9 Å². The Balaban J connectivity index is 2.21. The Bertz CT molecular complexity index is 347. The Kier molecular flexibility index (Phi) is 8.42. The van der Waals surface area contributed by atoms with Crippen molar-refractivity contribution >= 4 is 11.9 Å². The lowest BCUT2D eigenvalue weighted by atomic mass is 9.82. The van der Waals surface area contributed by atoms with Gasteiger partial charge in [0.1, 0.15) is 0 Å². The number of rotatable bonds is 8. The van der Waals surface area contributed by atoms with Gasteiger partial charge >= 0.3 is 11.9 Å². The summed E-state index contributed by atoms with van der Waals surface area (Å²) in [6.45, 7) is 6.47. The molecule has 1 saturated carbocycles. The lowest BCUT2D eigenvalue weighted by Crippen LogP contribution is -2.30. The average Bonchev–Trinajstić information content (AvgIpc) is 2.50. The van der Waals surface area contributed by atoms with Crippen LogP contribution in [0, 0.1) is 11.8 Å². The SMILES string of the molecule is COC(=O)C1CCC(C(=O)OC(C)OCCOC(C)C)CC1. The van der Waals surface area contributed by atoms with Crippen LogP contribution < -0.4 is 0 Å². The fourth-order valence-corrected chi connectivity index (χ4v) is 2.52. The monoisotopic (exact) mass is 316 g/mol. The molecule has 0 spiro atoms. The third-order valence-corrected chi connectivity index (χ3v) is 3.76. The van der Waals surface area contributed by atoms with E-state index in [2.05, 4.69) is 0 Å². The van der Waals surface area contributed by atoms with Crippen LogP contribution in [0.5, 0.6) is 0 Å². The van der Waals surface area contributed by atoms with Crippen LogP contribution in [-0.4, -0.2) is 44.7 Å². The first-order valence-electron chi connectivity index (χ1n) is 7.95. The van der Waals surface area contributed by atoms with Gasteiger partial charge in [0, 0.05) is 0 Å². The molecule has 128 valence electrons. The van der Waals surface area contributed by atoms with Crippen LogP contribution in [0.3, 0.4) is 0 Å². The van der Waals surface area contributed by atoms with Crippen LogP contribution in [-0.2, 0) is 28.5 Å². The molecule has 0 aliphatic heterocycles. The number of carbonyl (C=O) groups is 2. The highest BCUT2D eigenvalue weighted by molar-refractivity contribution is 5.75. The van der Waals surface area contributed by atoms with Crippen molar-refractivity contribution in [1.82, 2.24) is 0 Å². The lowest BCUT2D eigenvalue weighted by Gasteiger charge is -2.26. The summed E-state index contributed by atoms with van der Waals surface area (Å²) in [5, 5.41) is 0. The number of hydrogen-bond acceptors (Lipinski definition) is 6. The van der Waals surface area contributed by atoms with Gasteiger partial charge in [-0.25, -0.2) is 0 Å². The van der Waals surface area contributed by atoms with E-state index in [1.165, 1.54) is 7.11 Å². The molecule has 0 N–H and O–H groups in total. The van der Waals surface area contributed by atoms with Gasteiger partial charge in [0.2, 0.25) is 0 Å². The van der Waals surface area contributed by atoms with Crippen LogP contribution >= 0.6 is 0 Å². The second-order valence-electron chi connectivity index (χ2n) is 5.87. The molecule has 6 heteroatoms. The molecule has 1 unspecified atom stereocenters. The van der Waals surface area contributed by atoms with Gasteiger partial charge in [-0.15, -0.1) is 0 Å². The van der Waals surface area contributed by atoms with Crippen molar-refractivity contribution in [2.24, 2.45) is 11.8 Å². The molecule has 0 aromatic carbocycles. The van der Waals surface area contributed by atoms with Crippen molar-refractivity contribution in [3.63, 3.8) is 0 Å². The number of ether oxygens (including phenoxy) is 4. The van der Waals surface area contributed by atoms with Gasteiger partial charge in [0.15, 0.2) is 6.29 Å². The van der Waals surface area contributed by atoms with Crippen molar-refractivity contribution in [3.05, 3.63) is 0 Å². The average molecular weight is 316 g/mol. The summed E-state index contributed by atoms with van der Waals surface area (Å²) in [7, 11) is 1.39. The molecular weight excluding hydrogens is 288 g/mol. The Morgan fingerprint density at radius 2 is 1.41 bits per heavy atom. The first kappa shape index (κ1) is 18.9. The summed E-state index contributed by atoms with van der Waals surface area (Å²) < 4.78 is 20.8. The van der Waals surface area contributed by atoms with E-state index >= 15 is 0 Å².